The van der Waals surface area contributed by atoms with E-state index in [1.54, 1.807) is 0 Å². The van der Waals surface area contributed by atoms with Gasteiger partial charge in [-0.1, -0.05) is 115 Å². The van der Waals surface area contributed by atoms with Crippen molar-refractivity contribution in [2.75, 3.05) is 0 Å². The highest BCUT2D eigenvalue weighted by Crippen LogP contribution is 2.50. The fourth-order valence-electron chi connectivity index (χ4n) is 6.63. The van der Waals surface area contributed by atoms with E-state index in [1.807, 2.05) is 12.1 Å². The molecule has 0 aromatic heterocycles. The summed E-state index contributed by atoms with van der Waals surface area (Å²) in [6, 6.07) is 49.5. The molecule has 2 heterocycles. The van der Waals surface area contributed by atoms with Gasteiger partial charge in [0.1, 0.15) is 11.3 Å². The van der Waals surface area contributed by atoms with Crippen molar-refractivity contribution < 1.29 is 4.42 Å². The first-order chi connectivity index (χ1) is 20.3. The number of para-hydroxylation sites is 2. The molecule has 0 unspecified atom stereocenters. The minimum atomic E-state index is 0.838. The zero-order valence-corrected chi connectivity index (χ0v) is 22.1. The number of fused-ring (bicyclic) bond motifs is 8. The first-order valence-corrected chi connectivity index (χ1v) is 14.0. The molecule has 0 saturated carbocycles. The maximum absolute atomic E-state index is 6.91. The monoisotopic (exact) mass is 521 g/mol. The van der Waals surface area contributed by atoms with Crippen molar-refractivity contribution in [2.45, 2.75) is 0 Å². The molecule has 2 aliphatic heterocycles. The summed E-state index contributed by atoms with van der Waals surface area (Å²) < 4.78 is 6.91. The first-order valence-electron chi connectivity index (χ1n) is 14.0. The highest BCUT2D eigenvalue weighted by molar-refractivity contribution is 6.24. The summed E-state index contributed by atoms with van der Waals surface area (Å²) in [7, 11) is 0. The number of aromatic nitrogens is 1. The Balaban J connectivity index is 1.47. The lowest BCUT2D eigenvalue weighted by Crippen LogP contribution is -1.94. The van der Waals surface area contributed by atoms with E-state index >= 15 is 0 Å². The van der Waals surface area contributed by atoms with E-state index in [0.717, 1.165) is 44.5 Å². The summed E-state index contributed by atoms with van der Waals surface area (Å²) in [5, 5.41) is 9.37. The fourth-order valence-corrected chi connectivity index (χ4v) is 6.63. The number of rotatable bonds is 2. The molecule has 0 atom stereocenters. The molecule has 0 saturated heterocycles. The van der Waals surface area contributed by atoms with Gasteiger partial charge < -0.3 is 4.42 Å². The van der Waals surface area contributed by atoms with Gasteiger partial charge in [0.15, 0.2) is 0 Å². The SMILES string of the molecule is c1ccc2cc(-c3c4ccccc4c(-c4oc5ccccc5c5nc6ccccc6c4-5)c4ccccc34)ccc2c1. The van der Waals surface area contributed by atoms with Crippen molar-refractivity contribution in [3.05, 3.63) is 140 Å². The average molecular weight is 522 g/mol. The molecule has 2 aliphatic rings. The molecule has 0 fully saturated rings. The van der Waals surface area contributed by atoms with E-state index in [2.05, 4.69) is 127 Å². The molecule has 2 heteroatoms. The summed E-state index contributed by atoms with van der Waals surface area (Å²) in [4.78, 5) is 5.12. The lowest BCUT2D eigenvalue weighted by molar-refractivity contribution is 0.623. The Morgan fingerprint density at radius 3 is 1.71 bits per heavy atom. The molecule has 0 amide bonds. The summed E-state index contributed by atoms with van der Waals surface area (Å²) in [6.45, 7) is 0. The van der Waals surface area contributed by atoms with Gasteiger partial charge in [-0.05, 0) is 67.7 Å². The minimum Gasteiger partial charge on any atom is -0.455 e. The van der Waals surface area contributed by atoms with E-state index in [1.165, 1.54) is 43.4 Å². The Labute approximate surface area is 236 Å². The van der Waals surface area contributed by atoms with E-state index in [0.29, 0.717) is 0 Å². The van der Waals surface area contributed by atoms with Crippen LogP contribution in [0.4, 0.5) is 0 Å². The third kappa shape index (κ3) is 3.22. The summed E-state index contributed by atoms with van der Waals surface area (Å²) in [6.07, 6.45) is 0. The van der Waals surface area contributed by atoms with Crippen LogP contribution in [-0.2, 0) is 0 Å². The summed E-state index contributed by atoms with van der Waals surface area (Å²) in [5.41, 5.74) is 7.43. The zero-order chi connectivity index (χ0) is 26.9. The molecular formula is C39H23NO. The predicted octanol–water partition coefficient (Wildman–Crippen LogP) is 10.9. The standard InChI is InChI=1S/C39H23NO/c1-2-12-25-23-26(22-21-24(25)11-1)35-27-13-3-5-15-29(27)36(30-16-6-4-14-28(30)35)39-37-31-17-7-9-19-33(31)40-38(37)32-18-8-10-20-34(32)41-39/h1-23H. The molecule has 0 spiro atoms. The van der Waals surface area contributed by atoms with Crippen LogP contribution in [-0.4, -0.2) is 4.98 Å². The maximum Gasteiger partial charge on any atom is 0.146 e. The highest BCUT2D eigenvalue weighted by atomic mass is 16.3. The van der Waals surface area contributed by atoms with Gasteiger partial charge in [-0.2, -0.15) is 0 Å². The lowest BCUT2D eigenvalue weighted by atomic mass is 9.85. The van der Waals surface area contributed by atoms with Gasteiger partial charge in [0.25, 0.3) is 0 Å². The Bertz CT molecular complexity index is 2370. The van der Waals surface area contributed by atoms with Gasteiger partial charge in [0.2, 0.25) is 0 Å². The lowest BCUT2D eigenvalue weighted by Gasteiger charge is -2.19. The topological polar surface area (TPSA) is 26.0 Å². The largest absolute Gasteiger partial charge is 0.455 e. The van der Waals surface area contributed by atoms with Gasteiger partial charge in [-0.3, -0.25) is 0 Å². The number of hydrogen-bond acceptors (Lipinski definition) is 2. The molecule has 190 valence electrons. The second-order valence-corrected chi connectivity index (χ2v) is 10.7. The number of nitrogens with zero attached hydrogens (tertiary/aromatic N) is 1. The molecule has 7 aromatic carbocycles. The molecular weight excluding hydrogens is 498 g/mol. The van der Waals surface area contributed by atoms with Crippen molar-refractivity contribution in [2.24, 2.45) is 0 Å². The average Bonchev–Trinajstić information content (AvgIpc) is 3.43. The molecule has 0 aliphatic carbocycles. The van der Waals surface area contributed by atoms with Gasteiger partial charge in [0, 0.05) is 16.3 Å². The van der Waals surface area contributed by atoms with Crippen LogP contribution in [0, 0.1) is 0 Å². The van der Waals surface area contributed by atoms with Crippen LogP contribution in [0.15, 0.2) is 144 Å². The molecule has 41 heavy (non-hydrogen) atoms. The van der Waals surface area contributed by atoms with Crippen molar-refractivity contribution in [3.63, 3.8) is 0 Å². The Hall–Kier alpha value is -5.47. The van der Waals surface area contributed by atoms with Gasteiger partial charge in [-0.25, -0.2) is 4.98 Å². The van der Waals surface area contributed by atoms with E-state index in [4.69, 9.17) is 9.40 Å². The molecule has 7 aromatic rings. The zero-order valence-electron chi connectivity index (χ0n) is 22.1. The molecule has 0 radical (unpaired) electrons. The van der Waals surface area contributed by atoms with Crippen molar-refractivity contribution in [1.82, 2.24) is 4.98 Å². The Morgan fingerprint density at radius 1 is 0.415 bits per heavy atom. The molecule has 9 rings (SSSR count). The molecule has 0 bridgehead atoms. The minimum absolute atomic E-state index is 0.838. The normalized spacial score (nSPS) is 11.9. The van der Waals surface area contributed by atoms with E-state index in [9.17, 15) is 0 Å². The Morgan fingerprint density at radius 2 is 0.976 bits per heavy atom. The van der Waals surface area contributed by atoms with E-state index in [-0.39, 0.29) is 0 Å². The molecule has 2 nitrogen and oxygen atoms in total. The summed E-state index contributed by atoms with van der Waals surface area (Å²) >= 11 is 0. The van der Waals surface area contributed by atoms with Gasteiger partial charge in [-0.15, -0.1) is 0 Å². The Kier molecular flexibility index (Phi) is 4.64. The van der Waals surface area contributed by atoms with Crippen LogP contribution < -0.4 is 0 Å². The van der Waals surface area contributed by atoms with Gasteiger partial charge in [0.05, 0.1) is 16.8 Å². The van der Waals surface area contributed by atoms with Crippen LogP contribution in [0.25, 0.3) is 87.9 Å². The van der Waals surface area contributed by atoms with Crippen LogP contribution in [0.2, 0.25) is 0 Å². The van der Waals surface area contributed by atoms with Crippen molar-refractivity contribution in [1.29, 1.82) is 0 Å². The highest BCUT2D eigenvalue weighted by Gasteiger charge is 2.26. The second-order valence-electron chi connectivity index (χ2n) is 10.7. The third-order valence-electron chi connectivity index (χ3n) is 8.42. The predicted molar refractivity (Wildman–Crippen MR) is 172 cm³/mol. The third-order valence-corrected chi connectivity index (χ3v) is 8.42. The van der Waals surface area contributed by atoms with Crippen LogP contribution >= 0.6 is 0 Å². The maximum atomic E-state index is 6.91. The van der Waals surface area contributed by atoms with Crippen LogP contribution in [0.5, 0.6) is 0 Å². The van der Waals surface area contributed by atoms with Crippen molar-refractivity contribution in [3.8, 4) is 33.7 Å². The smallest absolute Gasteiger partial charge is 0.146 e. The molecule has 0 N–H and O–H groups in total. The fraction of sp³-hybridized carbons (Fsp3) is 0. The number of hydrogen-bond donors (Lipinski definition) is 0. The second kappa shape index (κ2) is 8.51. The van der Waals surface area contributed by atoms with Gasteiger partial charge >= 0.3 is 0 Å². The van der Waals surface area contributed by atoms with Crippen molar-refractivity contribution >= 4 is 54.2 Å². The quantitative estimate of drug-likeness (QED) is 0.211. The van der Waals surface area contributed by atoms with E-state index < -0.39 is 0 Å². The van der Waals surface area contributed by atoms with Crippen LogP contribution in [0.1, 0.15) is 0 Å². The summed E-state index contributed by atoms with van der Waals surface area (Å²) in [5.74, 6) is 0.866. The first kappa shape index (κ1) is 22.4. The van der Waals surface area contributed by atoms with Crippen LogP contribution in [0.3, 0.4) is 0 Å². The number of benzene rings is 7.